The van der Waals surface area contributed by atoms with E-state index in [1.54, 1.807) is 18.3 Å². The van der Waals surface area contributed by atoms with Crippen LogP contribution >= 0.6 is 11.6 Å². The summed E-state index contributed by atoms with van der Waals surface area (Å²) in [4.78, 5) is 4.26. The average Bonchev–Trinajstić information content (AvgIpc) is 2.43. The zero-order valence-corrected chi connectivity index (χ0v) is 11.7. The van der Waals surface area contributed by atoms with Crippen molar-refractivity contribution in [2.45, 2.75) is 19.8 Å². The molecule has 1 heterocycles. The fourth-order valence-corrected chi connectivity index (χ4v) is 1.75. The van der Waals surface area contributed by atoms with Crippen LogP contribution in [0.15, 0.2) is 42.6 Å². The number of anilines is 1. The molecule has 4 heteroatoms. The Morgan fingerprint density at radius 2 is 2.00 bits per heavy atom. The molecule has 0 radical (unpaired) electrons. The molecule has 0 atom stereocenters. The Kier molecular flexibility index (Phi) is 5.04. The molecular formula is C15H17ClN2O. The second kappa shape index (κ2) is 7.00. The van der Waals surface area contributed by atoms with Crippen LogP contribution in [-0.4, -0.2) is 11.5 Å². The summed E-state index contributed by atoms with van der Waals surface area (Å²) in [5.74, 6) is 1.31. The molecule has 0 aliphatic carbocycles. The lowest BCUT2D eigenvalue weighted by Crippen LogP contribution is -2.03. The number of rotatable bonds is 6. The molecule has 1 aromatic carbocycles. The molecule has 3 nitrogen and oxygen atoms in total. The molecule has 0 saturated carbocycles. The average molecular weight is 277 g/mol. The van der Waals surface area contributed by atoms with E-state index in [2.05, 4.69) is 17.2 Å². The molecule has 0 aliphatic rings. The number of pyridine rings is 1. The Balaban J connectivity index is 2.08. The highest BCUT2D eigenvalue weighted by Crippen LogP contribution is 2.27. The molecule has 2 rings (SSSR count). The molecule has 0 amide bonds. The minimum atomic E-state index is 0.584. The second-order valence-electron chi connectivity index (χ2n) is 4.19. The van der Waals surface area contributed by atoms with Crippen molar-refractivity contribution in [3.8, 4) is 11.6 Å². The number of nitrogens with one attached hydrogen (secondary N) is 1. The summed E-state index contributed by atoms with van der Waals surface area (Å²) in [5.41, 5.74) is 0.908. The van der Waals surface area contributed by atoms with Crippen LogP contribution in [-0.2, 0) is 0 Å². The van der Waals surface area contributed by atoms with Crippen LogP contribution in [0.3, 0.4) is 0 Å². The van der Waals surface area contributed by atoms with Crippen LogP contribution < -0.4 is 10.1 Å². The van der Waals surface area contributed by atoms with Crippen molar-refractivity contribution in [1.29, 1.82) is 0 Å². The minimum Gasteiger partial charge on any atom is -0.437 e. The standard InChI is InChI=1S/C15H17ClN2O/c1-2-3-10-17-14-5-4-11-18-15(14)19-13-8-6-12(16)7-9-13/h4-9,11,17H,2-3,10H2,1H3. The highest BCUT2D eigenvalue weighted by atomic mass is 35.5. The largest absolute Gasteiger partial charge is 0.437 e. The van der Waals surface area contributed by atoms with E-state index in [4.69, 9.17) is 16.3 Å². The number of hydrogen-bond donors (Lipinski definition) is 1. The number of nitrogens with zero attached hydrogens (tertiary/aromatic N) is 1. The van der Waals surface area contributed by atoms with Gasteiger partial charge in [-0.3, -0.25) is 0 Å². The van der Waals surface area contributed by atoms with E-state index >= 15 is 0 Å². The monoisotopic (exact) mass is 276 g/mol. The SMILES string of the molecule is CCCCNc1cccnc1Oc1ccc(Cl)cc1. The minimum absolute atomic E-state index is 0.584. The Bertz CT molecular complexity index is 514. The van der Waals surface area contributed by atoms with Crippen molar-refractivity contribution in [1.82, 2.24) is 4.98 Å². The molecule has 0 bridgehead atoms. The van der Waals surface area contributed by atoms with Crippen molar-refractivity contribution in [3.05, 3.63) is 47.6 Å². The van der Waals surface area contributed by atoms with Gasteiger partial charge in [-0.15, -0.1) is 0 Å². The Morgan fingerprint density at radius 1 is 1.21 bits per heavy atom. The predicted molar refractivity (Wildman–Crippen MR) is 79.2 cm³/mol. The zero-order valence-electron chi connectivity index (χ0n) is 10.9. The van der Waals surface area contributed by atoms with Crippen molar-refractivity contribution in [2.75, 3.05) is 11.9 Å². The van der Waals surface area contributed by atoms with E-state index in [0.717, 1.165) is 30.8 Å². The molecule has 19 heavy (non-hydrogen) atoms. The lowest BCUT2D eigenvalue weighted by molar-refractivity contribution is 0.465. The first-order chi connectivity index (χ1) is 9.29. The molecule has 0 saturated heterocycles. The summed E-state index contributed by atoms with van der Waals surface area (Å²) in [6.45, 7) is 3.08. The van der Waals surface area contributed by atoms with Gasteiger partial charge in [0.05, 0.1) is 5.69 Å². The van der Waals surface area contributed by atoms with Gasteiger partial charge in [0.2, 0.25) is 5.88 Å². The first-order valence-corrected chi connectivity index (χ1v) is 6.79. The normalized spacial score (nSPS) is 10.2. The zero-order chi connectivity index (χ0) is 13.5. The number of benzene rings is 1. The van der Waals surface area contributed by atoms with Gasteiger partial charge in [-0.1, -0.05) is 24.9 Å². The van der Waals surface area contributed by atoms with Crippen molar-refractivity contribution in [2.24, 2.45) is 0 Å². The molecule has 0 unspecified atom stereocenters. The first kappa shape index (κ1) is 13.7. The summed E-state index contributed by atoms with van der Waals surface area (Å²) < 4.78 is 5.76. The van der Waals surface area contributed by atoms with Gasteiger partial charge in [-0.05, 0) is 42.8 Å². The highest BCUT2D eigenvalue weighted by molar-refractivity contribution is 6.30. The third kappa shape index (κ3) is 4.14. The van der Waals surface area contributed by atoms with Crippen LogP contribution in [0.2, 0.25) is 5.02 Å². The van der Waals surface area contributed by atoms with Crippen LogP contribution in [0, 0.1) is 0 Å². The summed E-state index contributed by atoms with van der Waals surface area (Å²) in [7, 11) is 0. The Morgan fingerprint density at radius 3 is 2.74 bits per heavy atom. The molecular weight excluding hydrogens is 260 g/mol. The molecule has 1 N–H and O–H groups in total. The quantitative estimate of drug-likeness (QED) is 0.774. The Hall–Kier alpha value is -1.74. The third-order valence-electron chi connectivity index (χ3n) is 2.65. The van der Waals surface area contributed by atoms with Crippen molar-refractivity contribution >= 4 is 17.3 Å². The number of ether oxygens (including phenoxy) is 1. The van der Waals surface area contributed by atoms with Gasteiger partial charge in [0.15, 0.2) is 0 Å². The summed E-state index contributed by atoms with van der Waals surface area (Å²) in [6, 6.07) is 11.1. The molecule has 0 fully saturated rings. The van der Waals surface area contributed by atoms with Crippen molar-refractivity contribution < 1.29 is 4.74 Å². The fourth-order valence-electron chi connectivity index (χ4n) is 1.62. The van der Waals surface area contributed by atoms with Crippen LogP contribution in [0.1, 0.15) is 19.8 Å². The van der Waals surface area contributed by atoms with Gasteiger partial charge in [0.25, 0.3) is 0 Å². The third-order valence-corrected chi connectivity index (χ3v) is 2.90. The fraction of sp³-hybridized carbons (Fsp3) is 0.267. The second-order valence-corrected chi connectivity index (χ2v) is 4.63. The maximum absolute atomic E-state index is 5.85. The highest BCUT2D eigenvalue weighted by Gasteiger charge is 2.05. The number of aromatic nitrogens is 1. The van der Waals surface area contributed by atoms with Crippen molar-refractivity contribution in [3.63, 3.8) is 0 Å². The van der Waals surface area contributed by atoms with E-state index in [1.807, 2.05) is 24.3 Å². The van der Waals surface area contributed by atoms with Crippen LogP contribution in [0.4, 0.5) is 5.69 Å². The van der Waals surface area contributed by atoms with Gasteiger partial charge in [-0.2, -0.15) is 0 Å². The molecule has 1 aromatic heterocycles. The first-order valence-electron chi connectivity index (χ1n) is 6.42. The maximum atomic E-state index is 5.85. The van der Waals surface area contributed by atoms with Gasteiger partial charge in [0, 0.05) is 17.8 Å². The van der Waals surface area contributed by atoms with Gasteiger partial charge < -0.3 is 10.1 Å². The molecule has 0 spiro atoms. The van der Waals surface area contributed by atoms with E-state index < -0.39 is 0 Å². The van der Waals surface area contributed by atoms with Gasteiger partial charge in [0.1, 0.15) is 5.75 Å². The van der Waals surface area contributed by atoms with E-state index in [-0.39, 0.29) is 0 Å². The summed E-state index contributed by atoms with van der Waals surface area (Å²) >= 11 is 5.85. The number of halogens is 1. The lowest BCUT2D eigenvalue weighted by atomic mass is 10.3. The van der Waals surface area contributed by atoms with Crippen LogP contribution in [0.25, 0.3) is 0 Å². The number of unbranched alkanes of at least 4 members (excludes halogenated alkanes) is 1. The van der Waals surface area contributed by atoms with E-state index in [1.165, 1.54) is 0 Å². The van der Waals surface area contributed by atoms with Gasteiger partial charge >= 0.3 is 0 Å². The summed E-state index contributed by atoms with van der Waals surface area (Å²) in [6.07, 6.45) is 3.99. The smallest absolute Gasteiger partial charge is 0.242 e. The molecule has 0 aliphatic heterocycles. The predicted octanol–water partition coefficient (Wildman–Crippen LogP) is 4.74. The molecule has 2 aromatic rings. The lowest BCUT2D eigenvalue weighted by Gasteiger charge is -2.11. The maximum Gasteiger partial charge on any atom is 0.242 e. The topological polar surface area (TPSA) is 34.2 Å². The van der Waals surface area contributed by atoms with Gasteiger partial charge in [-0.25, -0.2) is 4.98 Å². The van der Waals surface area contributed by atoms with E-state index in [9.17, 15) is 0 Å². The number of hydrogen-bond acceptors (Lipinski definition) is 3. The summed E-state index contributed by atoms with van der Waals surface area (Å²) in [5, 5.41) is 4.02. The molecule has 100 valence electrons. The van der Waals surface area contributed by atoms with E-state index in [0.29, 0.717) is 10.9 Å². The Labute approximate surface area is 118 Å². The van der Waals surface area contributed by atoms with Crippen LogP contribution in [0.5, 0.6) is 11.6 Å².